The molecule has 2 aromatic carbocycles. The summed E-state index contributed by atoms with van der Waals surface area (Å²) < 4.78 is 11.9. The summed E-state index contributed by atoms with van der Waals surface area (Å²) in [5, 5.41) is 4.57. The largest absolute Gasteiger partial charge is 0.494 e. The van der Waals surface area contributed by atoms with Crippen LogP contribution in [-0.4, -0.2) is 68.8 Å². The van der Waals surface area contributed by atoms with Crippen LogP contribution in [0.5, 0.6) is 11.5 Å². The average molecular weight is 475 g/mol. The number of halogens is 1. The van der Waals surface area contributed by atoms with E-state index in [0.29, 0.717) is 29.5 Å². The molecule has 1 amide bonds. The molecular formula is C23H27ClN4O3S. The van der Waals surface area contributed by atoms with Crippen LogP contribution in [0.4, 0.5) is 5.13 Å². The van der Waals surface area contributed by atoms with E-state index < -0.39 is 0 Å². The zero-order chi connectivity index (χ0) is 22.5. The minimum atomic E-state index is -0.0613. The van der Waals surface area contributed by atoms with Crippen molar-refractivity contribution in [1.82, 2.24) is 15.2 Å². The predicted octanol–water partition coefficient (Wildman–Crippen LogP) is 3.91. The molecular weight excluding hydrogens is 448 g/mol. The molecule has 2 heterocycles. The van der Waals surface area contributed by atoms with E-state index in [1.54, 1.807) is 30.6 Å². The van der Waals surface area contributed by atoms with Crippen LogP contribution in [0.15, 0.2) is 36.4 Å². The highest BCUT2D eigenvalue weighted by Gasteiger charge is 2.21. The van der Waals surface area contributed by atoms with Gasteiger partial charge in [0.1, 0.15) is 11.3 Å². The van der Waals surface area contributed by atoms with E-state index in [0.717, 1.165) is 53.8 Å². The van der Waals surface area contributed by atoms with Crippen molar-refractivity contribution in [3.63, 3.8) is 0 Å². The number of piperazine rings is 1. The number of anilines is 1. The summed E-state index contributed by atoms with van der Waals surface area (Å²) in [4.78, 5) is 21.8. The maximum absolute atomic E-state index is 12.3. The van der Waals surface area contributed by atoms with Gasteiger partial charge in [-0.15, -0.1) is 0 Å². The van der Waals surface area contributed by atoms with Gasteiger partial charge in [0.25, 0.3) is 5.91 Å². The first kappa shape index (κ1) is 22.6. The van der Waals surface area contributed by atoms with Gasteiger partial charge in [0.2, 0.25) is 0 Å². The Balaban J connectivity index is 1.25. The highest BCUT2D eigenvalue weighted by molar-refractivity contribution is 7.22. The van der Waals surface area contributed by atoms with Crippen molar-refractivity contribution in [1.29, 1.82) is 0 Å². The van der Waals surface area contributed by atoms with Crippen molar-refractivity contribution in [3.05, 3.63) is 47.0 Å². The smallest absolute Gasteiger partial charge is 0.251 e. The van der Waals surface area contributed by atoms with E-state index in [2.05, 4.69) is 15.1 Å². The third-order valence-corrected chi connectivity index (χ3v) is 6.82. The molecule has 1 N–H and O–H groups in total. The number of carbonyl (C=O) groups excluding carboxylic acids is 1. The first-order valence-electron chi connectivity index (χ1n) is 10.7. The second-order valence-electron chi connectivity index (χ2n) is 7.47. The molecule has 1 fully saturated rings. The lowest BCUT2D eigenvalue weighted by atomic mass is 10.2. The summed E-state index contributed by atoms with van der Waals surface area (Å²) in [5.74, 6) is 1.35. The lowest BCUT2D eigenvalue weighted by Crippen LogP contribution is -2.48. The summed E-state index contributed by atoms with van der Waals surface area (Å²) in [6.07, 6.45) is 0. The van der Waals surface area contributed by atoms with Crippen LogP contribution in [0.1, 0.15) is 17.3 Å². The summed E-state index contributed by atoms with van der Waals surface area (Å²) in [7, 11) is 1.62. The van der Waals surface area contributed by atoms with Crippen LogP contribution in [0, 0.1) is 0 Å². The number of nitrogens with one attached hydrogen (secondary N) is 1. The molecule has 7 nitrogen and oxygen atoms in total. The van der Waals surface area contributed by atoms with E-state index >= 15 is 0 Å². The summed E-state index contributed by atoms with van der Waals surface area (Å²) in [5.41, 5.74) is 1.46. The predicted molar refractivity (Wildman–Crippen MR) is 130 cm³/mol. The molecule has 0 saturated carbocycles. The minimum Gasteiger partial charge on any atom is -0.494 e. The Hall–Kier alpha value is -2.55. The van der Waals surface area contributed by atoms with Crippen molar-refractivity contribution in [2.45, 2.75) is 6.92 Å². The number of ether oxygens (including phenoxy) is 2. The molecule has 0 bridgehead atoms. The molecule has 1 aliphatic rings. The van der Waals surface area contributed by atoms with E-state index in [1.807, 2.05) is 31.2 Å². The van der Waals surface area contributed by atoms with Crippen LogP contribution in [0.25, 0.3) is 10.2 Å². The number of methoxy groups -OCH3 is 1. The number of hydrogen-bond acceptors (Lipinski definition) is 7. The van der Waals surface area contributed by atoms with Gasteiger partial charge < -0.3 is 19.7 Å². The Labute approximate surface area is 196 Å². The molecule has 1 aromatic heterocycles. The van der Waals surface area contributed by atoms with Crippen LogP contribution in [0.2, 0.25) is 5.02 Å². The molecule has 32 heavy (non-hydrogen) atoms. The molecule has 0 radical (unpaired) electrons. The van der Waals surface area contributed by atoms with Gasteiger partial charge in [-0.25, -0.2) is 4.98 Å². The fourth-order valence-electron chi connectivity index (χ4n) is 3.72. The number of hydrogen-bond donors (Lipinski definition) is 1. The third-order valence-electron chi connectivity index (χ3n) is 5.44. The molecule has 3 aromatic rings. The molecule has 0 aliphatic carbocycles. The lowest BCUT2D eigenvalue weighted by Gasteiger charge is -2.34. The standard InChI is InChI=1S/C23H27ClN4O3S/c1-3-31-17-6-4-16(5-7-17)22(29)25-10-11-27-12-14-28(15-13-27)23-26-20-19(32-23)9-8-18(24)21(20)30-2/h4-9H,3,10-15H2,1-2H3,(H,25,29). The zero-order valence-corrected chi connectivity index (χ0v) is 19.8. The number of carbonyl (C=O) groups is 1. The van der Waals surface area contributed by atoms with E-state index in [-0.39, 0.29) is 5.91 Å². The summed E-state index contributed by atoms with van der Waals surface area (Å²) in [6, 6.07) is 11.1. The number of amides is 1. The Morgan fingerprint density at radius 1 is 1.16 bits per heavy atom. The zero-order valence-electron chi connectivity index (χ0n) is 18.3. The Kier molecular flexibility index (Phi) is 7.34. The van der Waals surface area contributed by atoms with Gasteiger partial charge in [0, 0.05) is 44.8 Å². The van der Waals surface area contributed by atoms with Crippen molar-refractivity contribution < 1.29 is 14.3 Å². The molecule has 0 unspecified atom stereocenters. The Bertz CT molecular complexity index is 1070. The maximum Gasteiger partial charge on any atom is 0.251 e. The quantitative estimate of drug-likeness (QED) is 0.534. The molecule has 1 aliphatic heterocycles. The molecule has 0 spiro atoms. The van der Waals surface area contributed by atoms with Gasteiger partial charge >= 0.3 is 0 Å². The maximum atomic E-state index is 12.3. The van der Waals surface area contributed by atoms with Gasteiger partial charge in [0.15, 0.2) is 10.9 Å². The number of thiazole rings is 1. The van der Waals surface area contributed by atoms with Gasteiger partial charge in [-0.1, -0.05) is 22.9 Å². The van der Waals surface area contributed by atoms with Crippen LogP contribution in [-0.2, 0) is 0 Å². The van der Waals surface area contributed by atoms with Crippen LogP contribution >= 0.6 is 22.9 Å². The second-order valence-corrected chi connectivity index (χ2v) is 8.88. The molecule has 0 atom stereocenters. The average Bonchev–Trinajstić information content (AvgIpc) is 3.24. The monoisotopic (exact) mass is 474 g/mol. The number of rotatable bonds is 8. The number of nitrogens with zero attached hydrogens (tertiary/aromatic N) is 3. The summed E-state index contributed by atoms with van der Waals surface area (Å²) >= 11 is 7.89. The SMILES string of the molecule is CCOc1ccc(C(=O)NCCN2CCN(c3nc4c(OC)c(Cl)ccc4s3)CC2)cc1. The Morgan fingerprint density at radius 2 is 1.91 bits per heavy atom. The van der Waals surface area contributed by atoms with Crippen LogP contribution < -0.4 is 19.7 Å². The number of fused-ring (bicyclic) bond motifs is 1. The van der Waals surface area contributed by atoms with Crippen molar-refractivity contribution in [2.24, 2.45) is 0 Å². The highest BCUT2D eigenvalue weighted by Crippen LogP contribution is 2.38. The van der Waals surface area contributed by atoms with E-state index in [1.165, 1.54) is 0 Å². The van der Waals surface area contributed by atoms with Crippen LogP contribution in [0.3, 0.4) is 0 Å². The fourth-order valence-corrected chi connectivity index (χ4v) is 4.97. The molecule has 4 rings (SSSR count). The fraction of sp³-hybridized carbons (Fsp3) is 0.391. The topological polar surface area (TPSA) is 66.9 Å². The first-order valence-corrected chi connectivity index (χ1v) is 11.9. The van der Waals surface area contributed by atoms with E-state index in [4.69, 9.17) is 26.1 Å². The highest BCUT2D eigenvalue weighted by atomic mass is 35.5. The molecule has 170 valence electrons. The van der Waals surface area contributed by atoms with Crippen molar-refractivity contribution >= 4 is 44.2 Å². The first-order chi connectivity index (χ1) is 15.6. The van der Waals surface area contributed by atoms with Crippen molar-refractivity contribution in [2.75, 3.05) is 57.9 Å². The normalized spacial score (nSPS) is 14.5. The molecule has 1 saturated heterocycles. The van der Waals surface area contributed by atoms with E-state index in [9.17, 15) is 4.79 Å². The van der Waals surface area contributed by atoms with Crippen molar-refractivity contribution in [3.8, 4) is 11.5 Å². The van der Waals surface area contributed by atoms with Gasteiger partial charge in [0.05, 0.1) is 23.4 Å². The lowest BCUT2D eigenvalue weighted by molar-refractivity contribution is 0.0947. The summed E-state index contributed by atoms with van der Waals surface area (Å²) in [6.45, 7) is 7.61. The molecule has 9 heteroatoms. The van der Waals surface area contributed by atoms with Gasteiger partial charge in [-0.05, 0) is 43.3 Å². The number of benzene rings is 2. The second kappa shape index (κ2) is 10.4. The minimum absolute atomic E-state index is 0.0613. The van der Waals surface area contributed by atoms with Gasteiger partial charge in [-0.2, -0.15) is 0 Å². The Morgan fingerprint density at radius 3 is 2.59 bits per heavy atom. The third kappa shape index (κ3) is 5.09. The number of aromatic nitrogens is 1. The van der Waals surface area contributed by atoms with Gasteiger partial charge in [-0.3, -0.25) is 9.69 Å².